The van der Waals surface area contributed by atoms with Gasteiger partial charge in [0, 0.05) is 11.8 Å². The Morgan fingerprint density at radius 3 is 2.51 bits per heavy atom. The number of benzene rings is 2. The molecule has 2 aromatic carbocycles. The van der Waals surface area contributed by atoms with E-state index in [0.717, 1.165) is 49.0 Å². The number of nitrogens with one attached hydrogen (secondary N) is 4. The third kappa shape index (κ3) is 8.53. The number of nitrogens with zero attached hydrogens (tertiary/aromatic N) is 3. The monoisotopic (exact) mass is 625 g/mol. The van der Waals surface area contributed by atoms with Gasteiger partial charge in [0.1, 0.15) is 22.3 Å². The molecular formula is C30H36ClN7O4S. The molecule has 2 aromatic heterocycles. The molecule has 5 rings (SSSR count). The van der Waals surface area contributed by atoms with E-state index in [1.165, 1.54) is 19.0 Å². The van der Waals surface area contributed by atoms with Crippen molar-refractivity contribution in [2.45, 2.75) is 32.9 Å². The predicted molar refractivity (Wildman–Crippen MR) is 171 cm³/mol. The zero-order valence-corrected chi connectivity index (χ0v) is 25.9. The number of piperidine rings is 1. The minimum absolute atomic E-state index is 0.262. The fourth-order valence-electron chi connectivity index (χ4n) is 4.78. The van der Waals surface area contributed by atoms with Crippen LogP contribution >= 0.6 is 11.6 Å². The molecule has 1 aliphatic rings. The second kappa shape index (κ2) is 13.5. The highest BCUT2D eigenvalue weighted by atomic mass is 35.5. The fourth-order valence-corrected chi connectivity index (χ4v) is 5.50. The van der Waals surface area contributed by atoms with Gasteiger partial charge >= 0.3 is 0 Å². The lowest BCUT2D eigenvalue weighted by Crippen LogP contribution is -2.32. The van der Waals surface area contributed by atoms with Gasteiger partial charge in [0.2, 0.25) is 16.0 Å². The van der Waals surface area contributed by atoms with Crippen molar-refractivity contribution >= 4 is 56.1 Å². The molecule has 0 spiro atoms. The Bertz CT molecular complexity index is 1660. The van der Waals surface area contributed by atoms with Gasteiger partial charge in [0.25, 0.3) is 0 Å². The summed E-state index contributed by atoms with van der Waals surface area (Å²) in [6.45, 7) is 5.93. The molecule has 1 saturated heterocycles. The summed E-state index contributed by atoms with van der Waals surface area (Å²) in [6, 6.07) is 16.6. The zero-order valence-electron chi connectivity index (χ0n) is 24.4. The maximum absolute atomic E-state index is 11.8. The molecule has 0 atom stereocenters. The lowest BCUT2D eigenvalue weighted by molar-refractivity contribution is 0.173. The van der Waals surface area contributed by atoms with Crippen molar-refractivity contribution in [2.75, 3.05) is 47.1 Å². The first kappa shape index (κ1) is 30.5. The first-order valence-electron chi connectivity index (χ1n) is 14.0. The van der Waals surface area contributed by atoms with Gasteiger partial charge in [-0.2, -0.15) is 4.98 Å². The van der Waals surface area contributed by atoms with E-state index >= 15 is 0 Å². The second-order valence-corrected chi connectivity index (χ2v) is 12.8. The van der Waals surface area contributed by atoms with Crippen molar-refractivity contribution in [3.63, 3.8) is 0 Å². The number of methoxy groups -OCH3 is 1. The molecule has 1 fully saturated rings. The number of ether oxygens (including phenoxy) is 1. The van der Waals surface area contributed by atoms with E-state index in [9.17, 15) is 8.42 Å². The van der Waals surface area contributed by atoms with Gasteiger partial charge in [-0.05, 0) is 68.2 Å². The molecule has 3 heterocycles. The van der Waals surface area contributed by atoms with Gasteiger partial charge in [-0.15, -0.1) is 0 Å². The first-order chi connectivity index (χ1) is 20.6. The van der Waals surface area contributed by atoms with Gasteiger partial charge in [-0.3, -0.25) is 9.62 Å². The molecule has 11 nitrogen and oxygen atoms in total. The van der Waals surface area contributed by atoms with Gasteiger partial charge in [0.05, 0.1) is 49.7 Å². The minimum Gasteiger partial charge on any atom is -0.494 e. The number of sulfonamides is 1. The summed E-state index contributed by atoms with van der Waals surface area (Å²) in [6.07, 6.45) is 5.02. The number of furan rings is 1. The number of aromatic nitrogens is 2. The van der Waals surface area contributed by atoms with E-state index in [0.29, 0.717) is 35.2 Å². The van der Waals surface area contributed by atoms with Crippen LogP contribution in [0, 0.1) is 5.92 Å². The summed E-state index contributed by atoms with van der Waals surface area (Å²) in [5.74, 6) is 3.80. The number of hydrogen-bond donors (Lipinski definition) is 4. The number of anilines is 6. The third-order valence-electron chi connectivity index (χ3n) is 7.11. The molecule has 0 radical (unpaired) electrons. The molecule has 4 N–H and O–H groups in total. The SMILES string of the molecule is COc1cc(NCc2ccc(CN3CCC(C)CC3)o2)ccc1Nc1ncc(Cl)c(Nc2ccccc2NS(C)(=O)=O)n1. The van der Waals surface area contributed by atoms with E-state index < -0.39 is 10.0 Å². The number of para-hydroxylation sites is 2. The van der Waals surface area contributed by atoms with Gasteiger partial charge in [-0.1, -0.05) is 30.7 Å². The summed E-state index contributed by atoms with van der Waals surface area (Å²) < 4.78 is 37.7. The van der Waals surface area contributed by atoms with Gasteiger partial charge in [0.15, 0.2) is 5.82 Å². The Hall–Kier alpha value is -4.00. The van der Waals surface area contributed by atoms with Crippen LogP contribution in [0.2, 0.25) is 5.02 Å². The number of hydrogen-bond acceptors (Lipinski definition) is 10. The number of rotatable bonds is 12. The van der Waals surface area contributed by atoms with E-state index in [4.69, 9.17) is 20.8 Å². The minimum atomic E-state index is -3.48. The van der Waals surface area contributed by atoms with Crippen LogP contribution in [0.25, 0.3) is 0 Å². The molecule has 1 aliphatic heterocycles. The smallest absolute Gasteiger partial charge is 0.229 e. The first-order valence-corrected chi connectivity index (χ1v) is 16.3. The topological polar surface area (TPSA) is 134 Å². The standard InChI is InChI=1S/C30H36ClN7O4S/c1-20-12-14-38(15-13-20)19-23-10-9-22(42-23)17-32-21-8-11-27(28(16-21)41-2)35-30-33-18-24(31)29(36-30)34-25-6-4-5-7-26(25)37-43(3,39)40/h4-11,16,18,20,32,37H,12-15,17,19H2,1-3H3,(H2,33,34,35,36). The van der Waals surface area contributed by atoms with Gasteiger partial charge in [-0.25, -0.2) is 13.4 Å². The van der Waals surface area contributed by atoms with Crippen LogP contribution in [-0.4, -0.2) is 49.7 Å². The summed E-state index contributed by atoms with van der Waals surface area (Å²) in [7, 11) is -1.89. The van der Waals surface area contributed by atoms with E-state index in [1.807, 2.05) is 24.3 Å². The molecule has 0 bridgehead atoms. The third-order valence-corrected chi connectivity index (χ3v) is 7.97. The van der Waals surface area contributed by atoms with E-state index in [1.54, 1.807) is 31.4 Å². The molecule has 43 heavy (non-hydrogen) atoms. The lowest BCUT2D eigenvalue weighted by atomic mass is 9.99. The summed E-state index contributed by atoms with van der Waals surface area (Å²) in [4.78, 5) is 11.2. The van der Waals surface area contributed by atoms with Crippen molar-refractivity contribution < 1.29 is 17.6 Å². The Kier molecular flexibility index (Phi) is 9.59. The van der Waals surface area contributed by atoms with Crippen LogP contribution in [0.5, 0.6) is 5.75 Å². The molecular weight excluding hydrogens is 590 g/mol. The quantitative estimate of drug-likeness (QED) is 0.139. The predicted octanol–water partition coefficient (Wildman–Crippen LogP) is 6.43. The van der Waals surface area contributed by atoms with Gasteiger partial charge < -0.3 is 25.1 Å². The zero-order chi connectivity index (χ0) is 30.4. The lowest BCUT2D eigenvalue weighted by Gasteiger charge is -2.29. The van der Waals surface area contributed by atoms with E-state index in [-0.39, 0.29) is 11.0 Å². The van der Waals surface area contributed by atoms with Crippen molar-refractivity contribution in [1.82, 2.24) is 14.9 Å². The summed E-state index contributed by atoms with van der Waals surface area (Å²) in [5, 5.41) is 9.90. The Morgan fingerprint density at radius 1 is 1.02 bits per heavy atom. The molecule has 0 unspecified atom stereocenters. The molecule has 0 aliphatic carbocycles. The van der Waals surface area contributed by atoms with Crippen LogP contribution in [0.4, 0.5) is 34.5 Å². The largest absolute Gasteiger partial charge is 0.494 e. The van der Waals surface area contributed by atoms with Crippen molar-refractivity contribution in [1.29, 1.82) is 0 Å². The highest BCUT2D eigenvalue weighted by molar-refractivity contribution is 7.92. The maximum atomic E-state index is 11.8. The van der Waals surface area contributed by atoms with E-state index in [2.05, 4.69) is 48.5 Å². The highest BCUT2D eigenvalue weighted by Crippen LogP contribution is 2.33. The van der Waals surface area contributed by atoms with Crippen LogP contribution in [-0.2, 0) is 23.1 Å². The number of halogens is 1. The average Bonchev–Trinajstić information content (AvgIpc) is 3.43. The Balaban J connectivity index is 1.22. The second-order valence-electron chi connectivity index (χ2n) is 10.7. The van der Waals surface area contributed by atoms with Crippen molar-refractivity contribution in [3.8, 4) is 5.75 Å². The molecule has 228 valence electrons. The highest BCUT2D eigenvalue weighted by Gasteiger charge is 2.17. The van der Waals surface area contributed by atoms with Crippen LogP contribution in [0.15, 0.2) is 65.2 Å². The van der Waals surface area contributed by atoms with Crippen molar-refractivity contribution in [2.24, 2.45) is 5.92 Å². The molecule has 0 amide bonds. The van der Waals surface area contributed by atoms with Crippen LogP contribution in [0.1, 0.15) is 31.3 Å². The van der Waals surface area contributed by atoms with Crippen LogP contribution < -0.4 is 25.4 Å². The average molecular weight is 626 g/mol. The molecule has 0 saturated carbocycles. The number of likely N-dealkylation sites (tertiary alicyclic amines) is 1. The summed E-state index contributed by atoms with van der Waals surface area (Å²) >= 11 is 6.36. The Labute approximate surface area is 257 Å². The molecule has 13 heteroatoms. The van der Waals surface area contributed by atoms with Crippen LogP contribution in [0.3, 0.4) is 0 Å². The molecule has 4 aromatic rings. The fraction of sp³-hybridized carbons (Fsp3) is 0.333. The maximum Gasteiger partial charge on any atom is 0.229 e. The Morgan fingerprint density at radius 2 is 1.77 bits per heavy atom. The van der Waals surface area contributed by atoms with Crippen molar-refractivity contribution in [3.05, 3.63) is 77.3 Å². The summed E-state index contributed by atoms with van der Waals surface area (Å²) in [5.41, 5.74) is 2.36. The normalized spacial score (nSPS) is 14.3.